The Bertz CT molecular complexity index is 1040. The van der Waals surface area contributed by atoms with Crippen LogP contribution in [0.5, 0.6) is 0 Å². The summed E-state index contributed by atoms with van der Waals surface area (Å²) in [5.41, 5.74) is 6.18. The van der Waals surface area contributed by atoms with Gasteiger partial charge in [-0.25, -0.2) is 9.78 Å². The summed E-state index contributed by atoms with van der Waals surface area (Å²) in [5.74, 6) is 0.540. The van der Waals surface area contributed by atoms with Crippen molar-refractivity contribution in [1.29, 1.82) is 0 Å². The standard InChI is InChI=1S/C28H48N5O8S.Y/c29-19-6-5-18-12-26(42(37,38)39)27(28(34)23(18)13-19)33-32-25-8-7-24(21-3-1-2-4-22(21)25)31-30-20-10-16(14-40-35)9-17(11-20)15-41-36;/h2,16-28,34-36H,1,3-15,29H2,(H,37,38,39);/q-1;. The Morgan fingerprint density at radius 1 is 0.791 bits per heavy atom. The molecule has 1 radical (unpaired) electrons. The van der Waals surface area contributed by atoms with E-state index >= 15 is 0 Å². The van der Waals surface area contributed by atoms with Crippen molar-refractivity contribution in [3.8, 4) is 0 Å². The molecule has 6 N–H and O–H groups in total. The number of hydrogen-bond donors (Lipinski definition) is 5. The molecule has 0 amide bonds. The van der Waals surface area contributed by atoms with Gasteiger partial charge >= 0.3 is 0 Å². The Balaban J connectivity index is 0.00000423. The summed E-state index contributed by atoms with van der Waals surface area (Å²) in [6.45, 7) is 0.430. The van der Waals surface area contributed by atoms with E-state index in [9.17, 15) is 18.1 Å². The monoisotopic (exact) mass is 703 g/mol. The zero-order chi connectivity index (χ0) is 29.9. The molecule has 15 heteroatoms. The van der Waals surface area contributed by atoms with Crippen LogP contribution in [0.4, 0.5) is 0 Å². The third kappa shape index (κ3) is 8.87. The second-order valence-corrected chi connectivity index (χ2v) is 15.2. The van der Waals surface area contributed by atoms with E-state index in [4.69, 9.17) is 31.6 Å². The van der Waals surface area contributed by atoms with E-state index in [1.807, 2.05) is 0 Å². The summed E-state index contributed by atoms with van der Waals surface area (Å²) in [7, 11) is -4.41. The van der Waals surface area contributed by atoms with Gasteiger partial charge in [-0.05, 0) is 93.3 Å². The molecule has 5 aliphatic carbocycles. The minimum Gasteiger partial charge on any atom is -0.390 e. The second kappa shape index (κ2) is 16.2. The molecule has 5 saturated carbocycles. The van der Waals surface area contributed by atoms with Gasteiger partial charge in [0.1, 0.15) is 11.3 Å². The predicted molar refractivity (Wildman–Crippen MR) is 152 cm³/mol. The van der Waals surface area contributed by atoms with Crippen LogP contribution in [-0.2, 0) is 52.6 Å². The van der Waals surface area contributed by atoms with Gasteiger partial charge in [-0.3, -0.25) is 15.1 Å². The molecule has 0 aliphatic heterocycles. The first-order valence-corrected chi connectivity index (χ1v) is 17.2. The van der Waals surface area contributed by atoms with E-state index in [0.717, 1.165) is 64.2 Å². The van der Waals surface area contributed by atoms with Crippen LogP contribution in [-0.4, -0.2) is 83.4 Å². The SMILES string of the molecule is NC1CCC2CC(S(=O)(=O)O)C(N=NC3CCC(N=NC4CC(COO)CC(COO)C4)C4CC[CH-]CC34)C(O)C2C1.[Y]. The number of rotatable bonds is 9. The van der Waals surface area contributed by atoms with Gasteiger partial charge in [0, 0.05) is 38.8 Å². The van der Waals surface area contributed by atoms with Crippen molar-refractivity contribution in [2.24, 2.45) is 61.7 Å². The van der Waals surface area contributed by atoms with Crippen molar-refractivity contribution in [2.75, 3.05) is 13.2 Å². The normalized spacial score (nSPS) is 44.1. The molecule has 0 aromatic carbocycles. The molecule has 13 nitrogen and oxygen atoms in total. The van der Waals surface area contributed by atoms with Gasteiger partial charge in [-0.2, -0.15) is 41.7 Å². The van der Waals surface area contributed by atoms with Gasteiger partial charge in [-0.1, -0.05) is 6.42 Å². The molecule has 0 heterocycles. The van der Waals surface area contributed by atoms with Crippen molar-refractivity contribution in [2.45, 2.75) is 119 Å². The number of azo groups is 2. The number of fused-ring (bicyclic) bond motifs is 2. The molecule has 0 aromatic heterocycles. The zero-order valence-electron chi connectivity index (χ0n) is 24.8. The summed E-state index contributed by atoms with van der Waals surface area (Å²) in [6, 6.07) is -1.14. The van der Waals surface area contributed by atoms with Crippen LogP contribution in [0, 0.1) is 41.9 Å². The minimum atomic E-state index is -4.41. The third-order valence-electron chi connectivity index (χ3n) is 10.8. The average Bonchev–Trinajstić information content (AvgIpc) is 2.96. The van der Waals surface area contributed by atoms with E-state index in [-0.39, 0.29) is 112 Å². The molecule has 243 valence electrons. The molecule has 5 aliphatic rings. The summed E-state index contributed by atoms with van der Waals surface area (Å²) in [5, 5.41) is 46.8. The fourth-order valence-electron chi connectivity index (χ4n) is 8.80. The van der Waals surface area contributed by atoms with Crippen LogP contribution < -0.4 is 5.73 Å². The molecule has 12 unspecified atom stereocenters. The molecule has 12 atom stereocenters. The first-order chi connectivity index (χ1) is 20.2. The summed E-state index contributed by atoms with van der Waals surface area (Å²) >= 11 is 0. The van der Waals surface area contributed by atoms with Crippen molar-refractivity contribution in [3.05, 3.63) is 6.42 Å². The van der Waals surface area contributed by atoms with Gasteiger partial charge in [0.15, 0.2) is 0 Å². The molecule has 0 bridgehead atoms. The largest absolute Gasteiger partial charge is 0.390 e. The Morgan fingerprint density at radius 2 is 1.44 bits per heavy atom. The maximum atomic E-state index is 12.4. The average molecular weight is 704 g/mol. The van der Waals surface area contributed by atoms with Gasteiger partial charge in [0.05, 0.1) is 37.4 Å². The minimum absolute atomic E-state index is 0. The van der Waals surface area contributed by atoms with E-state index < -0.39 is 27.5 Å². The Morgan fingerprint density at radius 3 is 2.09 bits per heavy atom. The van der Waals surface area contributed by atoms with Gasteiger partial charge in [0.25, 0.3) is 10.1 Å². The van der Waals surface area contributed by atoms with Crippen molar-refractivity contribution in [1.82, 2.24) is 0 Å². The number of aliphatic hydroxyl groups is 1. The van der Waals surface area contributed by atoms with Crippen LogP contribution in [0.25, 0.3) is 0 Å². The molecule has 43 heavy (non-hydrogen) atoms. The number of aliphatic hydroxyl groups excluding tert-OH is 1. The first-order valence-electron chi connectivity index (χ1n) is 15.7. The number of nitrogens with zero attached hydrogens (tertiary/aromatic N) is 4. The zero-order valence-corrected chi connectivity index (χ0v) is 28.4. The molecule has 5 rings (SSSR count). The van der Waals surface area contributed by atoms with Gasteiger partial charge in [0.2, 0.25) is 0 Å². The molecular formula is C28H48N5O8SY-. The Labute approximate surface area is 279 Å². The van der Waals surface area contributed by atoms with Crippen molar-refractivity contribution < 1.29 is 71.1 Å². The van der Waals surface area contributed by atoms with E-state index in [1.54, 1.807) is 0 Å². The predicted octanol–water partition coefficient (Wildman–Crippen LogP) is 3.94. The molecule has 0 aromatic rings. The Kier molecular flexibility index (Phi) is 13.5. The number of nitrogens with two attached hydrogens (primary N) is 1. The second-order valence-electron chi connectivity index (χ2n) is 13.6. The maximum Gasteiger partial charge on any atom is 0.270 e. The fourth-order valence-corrected chi connectivity index (χ4v) is 9.86. The van der Waals surface area contributed by atoms with Crippen LogP contribution in [0.2, 0.25) is 0 Å². The van der Waals surface area contributed by atoms with E-state index in [2.05, 4.69) is 21.3 Å². The fraction of sp³-hybridized carbons (Fsp3) is 0.964. The Hall–Kier alpha value is -0.0261. The van der Waals surface area contributed by atoms with Gasteiger partial charge in [-0.15, -0.1) is 0 Å². The summed E-state index contributed by atoms with van der Waals surface area (Å²) < 4.78 is 34.8. The van der Waals surface area contributed by atoms with Crippen LogP contribution >= 0.6 is 0 Å². The van der Waals surface area contributed by atoms with Crippen molar-refractivity contribution >= 4 is 10.1 Å². The van der Waals surface area contributed by atoms with Crippen molar-refractivity contribution in [3.63, 3.8) is 0 Å². The van der Waals surface area contributed by atoms with E-state index in [1.165, 1.54) is 0 Å². The van der Waals surface area contributed by atoms with Gasteiger partial charge < -0.3 is 17.3 Å². The smallest absolute Gasteiger partial charge is 0.270 e. The van der Waals surface area contributed by atoms with Crippen LogP contribution in [0.15, 0.2) is 20.5 Å². The molecule has 5 fully saturated rings. The van der Waals surface area contributed by atoms with Crippen LogP contribution in [0.1, 0.15) is 77.0 Å². The summed E-state index contributed by atoms with van der Waals surface area (Å²) in [4.78, 5) is 8.79. The summed E-state index contributed by atoms with van der Waals surface area (Å²) in [6.07, 6.45) is 10.3. The van der Waals surface area contributed by atoms with Crippen LogP contribution in [0.3, 0.4) is 0 Å². The quantitative estimate of drug-likeness (QED) is 0.0774. The van der Waals surface area contributed by atoms with E-state index in [0.29, 0.717) is 6.42 Å². The topological polar surface area (TPSA) is 209 Å². The maximum absolute atomic E-state index is 12.4. The molecule has 0 spiro atoms. The molecular weight excluding hydrogens is 655 g/mol. The third-order valence-corrected chi connectivity index (χ3v) is 12.1. The number of hydrogen-bond acceptors (Lipinski definition) is 12. The molecule has 0 saturated heterocycles. The first kappa shape index (κ1) is 35.8.